The zero-order chi connectivity index (χ0) is 11.0. The molecule has 2 aromatic rings. The van der Waals surface area contributed by atoms with Crippen molar-refractivity contribution in [2.45, 2.75) is 18.8 Å². The first-order valence-corrected chi connectivity index (χ1v) is 5.58. The van der Waals surface area contributed by atoms with Gasteiger partial charge in [-0.1, -0.05) is 0 Å². The summed E-state index contributed by atoms with van der Waals surface area (Å²) in [5.74, 6) is 1.69. The second-order valence-corrected chi connectivity index (χ2v) is 4.21. The van der Waals surface area contributed by atoms with Crippen LogP contribution in [0.3, 0.4) is 0 Å². The van der Waals surface area contributed by atoms with Crippen LogP contribution in [-0.4, -0.2) is 27.7 Å². The van der Waals surface area contributed by atoms with Crippen LogP contribution in [0.5, 0.6) is 5.75 Å². The molecule has 1 unspecified atom stereocenters. The molecule has 1 atom stereocenters. The molecule has 1 aliphatic rings. The fraction of sp³-hybridized carbons (Fsp3) is 0.417. The summed E-state index contributed by atoms with van der Waals surface area (Å²) in [4.78, 5) is 4.43. The van der Waals surface area contributed by atoms with Gasteiger partial charge in [0.25, 0.3) is 0 Å². The highest BCUT2D eigenvalue weighted by Gasteiger charge is 2.20. The van der Waals surface area contributed by atoms with E-state index in [-0.39, 0.29) is 5.75 Å². The molecule has 3 rings (SSSR count). The minimum absolute atomic E-state index is 0.277. The lowest BCUT2D eigenvalue weighted by Crippen LogP contribution is -2.17. The van der Waals surface area contributed by atoms with E-state index in [0.717, 1.165) is 37.4 Å². The SMILES string of the molecule is Oc1ccn2c(C3CCCOC3)ncc2c1. The number of hydrogen-bond acceptors (Lipinski definition) is 3. The average molecular weight is 218 g/mol. The maximum absolute atomic E-state index is 9.38. The van der Waals surface area contributed by atoms with Crippen LogP contribution in [-0.2, 0) is 4.74 Å². The molecule has 1 fully saturated rings. The first-order chi connectivity index (χ1) is 7.84. The van der Waals surface area contributed by atoms with Crippen LogP contribution in [0.4, 0.5) is 0 Å². The van der Waals surface area contributed by atoms with Crippen LogP contribution < -0.4 is 0 Å². The second kappa shape index (κ2) is 3.79. The third-order valence-corrected chi connectivity index (χ3v) is 3.07. The van der Waals surface area contributed by atoms with Crippen LogP contribution in [0.25, 0.3) is 5.52 Å². The fourth-order valence-corrected chi connectivity index (χ4v) is 2.26. The number of aromatic hydroxyl groups is 1. The molecule has 0 saturated carbocycles. The predicted molar refractivity (Wildman–Crippen MR) is 59.7 cm³/mol. The number of hydrogen-bond donors (Lipinski definition) is 1. The van der Waals surface area contributed by atoms with Crippen molar-refractivity contribution >= 4 is 5.52 Å². The molecule has 0 spiro atoms. The Bertz CT molecular complexity index is 501. The molecule has 4 heteroatoms. The topological polar surface area (TPSA) is 46.8 Å². The van der Waals surface area contributed by atoms with Crippen molar-refractivity contribution in [1.82, 2.24) is 9.38 Å². The van der Waals surface area contributed by atoms with E-state index < -0.39 is 0 Å². The van der Waals surface area contributed by atoms with Crippen LogP contribution in [0.15, 0.2) is 24.5 Å². The molecule has 16 heavy (non-hydrogen) atoms. The molecule has 1 aliphatic heterocycles. The summed E-state index contributed by atoms with van der Waals surface area (Å²) in [6, 6.07) is 3.40. The predicted octanol–water partition coefficient (Wildman–Crippen LogP) is 1.93. The van der Waals surface area contributed by atoms with Gasteiger partial charge < -0.3 is 14.2 Å². The van der Waals surface area contributed by atoms with Gasteiger partial charge in [0.2, 0.25) is 0 Å². The number of rotatable bonds is 1. The van der Waals surface area contributed by atoms with Crippen LogP contribution in [0, 0.1) is 0 Å². The third-order valence-electron chi connectivity index (χ3n) is 3.07. The molecule has 1 N–H and O–H groups in total. The van der Waals surface area contributed by atoms with Crippen molar-refractivity contribution in [1.29, 1.82) is 0 Å². The summed E-state index contributed by atoms with van der Waals surface area (Å²) in [7, 11) is 0. The quantitative estimate of drug-likeness (QED) is 0.795. The minimum Gasteiger partial charge on any atom is -0.508 e. The van der Waals surface area contributed by atoms with Gasteiger partial charge in [-0.15, -0.1) is 0 Å². The van der Waals surface area contributed by atoms with Gasteiger partial charge in [0.05, 0.1) is 18.3 Å². The van der Waals surface area contributed by atoms with E-state index in [0.29, 0.717) is 5.92 Å². The number of ether oxygens (including phenoxy) is 1. The Morgan fingerprint density at radius 3 is 3.25 bits per heavy atom. The zero-order valence-corrected chi connectivity index (χ0v) is 8.97. The van der Waals surface area contributed by atoms with Crippen molar-refractivity contribution in [3.63, 3.8) is 0 Å². The normalized spacial score (nSPS) is 21.4. The third kappa shape index (κ3) is 1.55. The number of nitrogens with zero attached hydrogens (tertiary/aromatic N) is 2. The molecule has 0 aliphatic carbocycles. The molecule has 2 aromatic heterocycles. The lowest BCUT2D eigenvalue weighted by Gasteiger charge is -2.20. The fourth-order valence-electron chi connectivity index (χ4n) is 2.26. The smallest absolute Gasteiger partial charge is 0.119 e. The van der Waals surface area contributed by atoms with Crippen LogP contribution in [0.1, 0.15) is 24.6 Å². The Balaban J connectivity index is 2.03. The Morgan fingerprint density at radius 2 is 2.44 bits per heavy atom. The summed E-state index contributed by atoms with van der Waals surface area (Å²) in [6.07, 6.45) is 5.88. The largest absolute Gasteiger partial charge is 0.508 e. The Labute approximate surface area is 93.5 Å². The summed E-state index contributed by atoms with van der Waals surface area (Å²) in [5, 5.41) is 9.38. The van der Waals surface area contributed by atoms with Crippen molar-refractivity contribution in [3.05, 3.63) is 30.4 Å². The minimum atomic E-state index is 0.277. The van der Waals surface area contributed by atoms with Gasteiger partial charge in [0.1, 0.15) is 11.6 Å². The molecule has 0 radical (unpaired) electrons. The molecular weight excluding hydrogens is 204 g/mol. The number of imidazole rings is 1. The van der Waals surface area contributed by atoms with E-state index in [2.05, 4.69) is 4.98 Å². The molecule has 1 saturated heterocycles. The highest BCUT2D eigenvalue weighted by Crippen LogP contribution is 2.26. The Morgan fingerprint density at radius 1 is 1.50 bits per heavy atom. The van der Waals surface area contributed by atoms with E-state index in [9.17, 15) is 5.11 Å². The van der Waals surface area contributed by atoms with E-state index in [1.807, 2.05) is 10.6 Å². The second-order valence-electron chi connectivity index (χ2n) is 4.21. The van der Waals surface area contributed by atoms with Gasteiger partial charge >= 0.3 is 0 Å². The van der Waals surface area contributed by atoms with Crippen molar-refractivity contribution in [2.75, 3.05) is 13.2 Å². The summed E-state index contributed by atoms with van der Waals surface area (Å²) >= 11 is 0. The molecule has 84 valence electrons. The average Bonchev–Trinajstić information content (AvgIpc) is 2.73. The van der Waals surface area contributed by atoms with Gasteiger partial charge in [-0.3, -0.25) is 0 Å². The van der Waals surface area contributed by atoms with Gasteiger partial charge in [0, 0.05) is 24.8 Å². The van der Waals surface area contributed by atoms with Crippen molar-refractivity contribution in [3.8, 4) is 5.75 Å². The molecule has 0 bridgehead atoms. The van der Waals surface area contributed by atoms with E-state index in [1.54, 1.807) is 18.3 Å². The standard InChI is InChI=1S/C12H14N2O2/c15-11-3-4-14-10(6-11)7-13-12(14)9-2-1-5-16-8-9/h3-4,6-7,9,15H,1-2,5,8H2. The summed E-state index contributed by atoms with van der Waals surface area (Å²) in [6.45, 7) is 1.61. The van der Waals surface area contributed by atoms with Crippen molar-refractivity contribution in [2.24, 2.45) is 0 Å². The van der Waals surface area contributed by atoms with E-state index in [1.165, 1.54) is 0 Å². The number of pyridine rings is 1. The molecule has 4 nitrogen and oxygen atoms in total. The number of fused-ring (bicyclic) bond motifs is 1. The van der Waals surface area contributed by atoms with E-state index in [4.69, 9.17) is 4.74 Å². The number of aromatic nitrogens is 2. The van der Waals surface area contributed by atoms with Gasteiger partial charge in [0.15, 0.2) is 0 Å². The Kier molecular flexibility index (Phi) is 2.29. The highest BCUT2D eigenvalue weighted by molar-refractivity contribution is 5.50. The molecular formula is C12H14N2O2. The maximum atomic E-state index is 9.38. The molecule has 0 amide bonds. The maximum Gasteiger partial charge on any atom is 0.119 e. The monoisotopic (exact) mass is 218 g/mol. The zero-order valence-electron chi connectivity index (χ0n) is 8.97. The van der Waals surface area contributed by atoms with Gasteiger partial charge in [-0.2, -0.15) is 0 Å². The summed E-state index contributed by atoms with van der Waals surface area (Å²) < 4.78 is 7.50. The highest BCUT2D eigenvalue weighted by atomic mass is 16.5. The lowest BCUT2D eigenvalue weighted by atomic mass is 10.0. The first-order valence-electron chi connectivity index (χ1n) is 5.58. The van der Waals surface area contributed by atoms with Gasteiger partial charge in [-0.05, 0) is 18.9 Å². The van der Waals surface area contributed by atoms with Crippen LogP contribution in [0.2, 0.25) is 0 Å². The summed E-state index contributed by atoms with van der Waals surface area (Å²) in [5.41, 5.74) is 0.931. The Hall–Kier alpha value is -1.55. The molecule has 0 aromatic carbocycles. The van der Waals surface area contributed by atoms with E-state index >= 15 is 0 Å². The van der Waals surface area contributed by atoms with Crippen molar-refractivity contribution < 1.29 is 9.84 Å². The lowest BCUT2D eigenvalue weighted by molar-refractivity contribution is 0.0779. The molecule has 3 heterocycles. The van der Waals surface area contributed by atoms with Gasteiger partial charge in [-0.25, -0.2) is 4.98 Å². The first kappa shape index (κ1) is 9.66. The van der Waals surface area contributed by atoms with Crippen LogP contribution >= 0.6 is 0 Å².